The van der Waals surface area contributed by atoms with Crippen LogP contribution in [0.1, 0.15) is 25.3 Å². The topological polar surface area (TPSA) is 15.3 Å². The van der Waals surface area contributed by atoms with Gasteiger partial charge in [-0.15, -0.1) is 0 Å². The number of hydrogen-bond acceptors (Lipinski definition) is 3. The summed E-state index contributed by atoms with van der Waals surface area (Å²) in [6.07, 6.45) is 4.83. The minimum absolute atomic E-state index is 0.673. The van der Waals surface area contributed by atoms with E-state index in [1.165, 1.54) is 31.5 Å². The van der Waals surface area contributed by atoms with Crippen LogP contribution in [0.5, 0.6) is 0 Å². The van der Waals surface area contributed by atoms with Crippen molar-refractivity contribution in [1.29, 1.82) is 0 Å². The van der Waals surface area contributed by atoms with Crippen molar-refractivity contribution in [1.82, 2.24) is 10.2 Å². The quantitative estimate of drug-likeness (QED) is 0.861. The van der Waals surface area contributed by atoms with Crippen LogP contribution in [0.25, 0.3) is 0 Å². The number of nitrogens with one attached hydrogen (secondary N) is 1. The van der Waals surface area contributed by atoms with Gasteiger partial charge < -0.3 is 5.32 Å². The lowest BCUT2D eigenvalue weighted by atomic mass is 10.0. The maximum Gasteiger partial charge on any atom is 0.0234 e. The molecular weight excluding hydrogens is 252 g/mol. The Bertz CT molecular complexity index is 355. The third-order valence-electron chi connectivity index (χ3n) is 3.85. The molecule has 2 nitrogen and oxygen atoms in total. The Morgan fingerprint density at radius 2 is 2.16 bits per heavy atom. The SMILES string of the molecule is CSC(C)CNC1CCCN(Cc2ccccc2)C1. The Labute approximate surface area is 122 Å². The van der Waals surface area contributed by atoms with Crippen molar-refractivity contribution in [3.05, 3.63) is 35.9 Å². The molecule has 106 valence electrons. The van der Waals surface area contributed by atoms with Crippen molar-refractivity contribution in [3.8, 4) is 0 Å². The largest absolute Gasteiger partial charge is 0.312 e. The molecule has 2 rings (SSSR count). The van der Waals surface area contributed by atoms with E-state index in [0.717, 1.165) is 13.1 Å². The van der Waals surface area contributed by atoms with E-state index >= 15 is 0 Å². The molecule has 2 atom stereocenters. The van der Waals surface area contributed by atoms with E-state index in [0.29, 0.717) is 11.3 Å². The summed E-state index contributed by atoms with van der Waals surface area (Å²) in [4.78, 5) is 2.58. The lowest BCUT2D eigenvalue weighted by Gasteiger charge is -2.33. The van der Waals surface area contributed by atoms with Crippen molar-refractivity contribution >= 4 is 11.8 Å². The maximum absolute atomic E-state index is 3.73. The van der Waals surface area contributed by atoms with Crippen molar-refractivity contribution in [3.63, 3.8) is 0 Å². The van der Waals surface area contributed by atoms with Gasteiger partial charge in [0, 0.05) is 30.9 Å². The predicted molar refractivity (Wildman–Crippen MR) is 85.7 cm³/mol. The van der Waals surface area contributed by atoms with E-state index in [1.807, 2.05) is 11.8 Å². The van der Waals surface area contributed by atoms with Crippen molar-refractivity contribution in [2.75, 3.05) is 25.9 Å². The number of nitrogens with zero attached hydrogens (tertiary/aromatic N) is 1. The maximum atomic E-state index is 3.73. The zero-order valence-corrected chi connectivity index (χ0v) is 13.0. The molecule has 1 aromatic carbocycles. The third kappa shape index (κ3) is 5.17. The first-order chi connectivity index (χ1) is 9.28. The average Bonchev–Trinajstić information content (AvgIpc) is 2.46. The molecule has 1 saturated heterocycles. The first-order valence-electron chi connectivity index (χ1n) is 7.30. The number of likely N-dealkylation sites (tertiary alicyclic amines) is 1. The molecule has 1 aliphatic heterocycles. The number of rotatable bonds is 6. The molecule has 1 fully saturated rings. The molecule has 0 aromatic heterocycles. The van der Waals surface area contributed by atoms with Gasteiger partial charge in [-0.1, -0.05) is 37.3 Å². The molecule has 0 saturated carbocycles. The highest BCUT2D eigenvalue weighted by molar-refractivity contribution is 7.99. The highest BCUT2D eigenvalue weighted by Gasteiger charge is 2.19. The van der Waals surface area contributed by atoms with Crippen LogP contribution in [-0.4, -0.2) is 42.1 Å². The lowest BCUT2D eigenvalue weighted by Crippen LogP contribution is -2.46. The van der Waals surface area contributed by atoms with E-state index in [1.54, 1.807) is 0 Å². The van der Waals surface area contributed by atoms with Crippen LogP contribution in [0.2, 0.25) is 0 Å². The van der Waals surface area contributed by atoms with Gasteiger partial charge in [0.15, 0.2) is 0 Å². The summed E-state index contributed by atoms with van der Waals surface area (Å²) >= 11 is 1.94. The highest BCUT2D eigenvalue weighted by atomic mass is 32.2. The monoisotopic (exact) mass is 278 g/mol. The molecular formula is C16H26N2S. The van der Waals surface area contributed by atoms with Crippen molar-refractivity contribution < 1.29 is 0 Å². The summed E-state index contributed by atoms with van der Waals surface area (Å²) in [6, 6.07) is 11.5. The van der Waals surface area contributed by atoms with Crippen LogP contribution in [0.4, 0.5) is 0 Å². The predicted octanol–water partition coefficient (Wildman–Crippen LogP) is 2.99. The van der Waals surface area contributed by atoms with Gasteiger partial charge in [0.1, 0.15) is 0 Å². The first kappa shape index (κ1) is 14.9. The van der Waals surface area contributed by atoms with Crippen LogP contribution < -0.4 is 5.32 Å². The number of thioether (sulfide) groups is 1. The lowest BCUT2D eigenvalue weighted by molar-refractivity contribution is 0.184. The molecule has 1 aliphatic rings. The first-order valence-corrected chi connectivity index (χ1v) is 8.59. The molecule has 1 heterocycles. The van der Waals surface area contributed by atoms with E-state index in [4.69, 9.17) is 0 Å². The molecule has 19 heavy (non-hydrogen) atoms. The summed E-state index contributed by atoms with van der Waals surface area (Å²) in [5, 5.41) is 4.44. The fraction of sp³-hybridized carbons (Fsp3) is 0.625. The average molecular weight is 278 g/mol. The van der Waals surface area contributed by atoms with Gasteiger partial charge in [0.2, 0.25) is 0 Å². The molecule has 2 unspecified atom stereocenters. The van der Waals surface area contributed by atoms with Gasteiger partial charge in [-0.2, -0.15) is 11.8 Å². The van der Waals surface area contributed by atoms with Gasteiger partial charge in [-0.05, 0) is 31.2 Å². The second-order valence-corrected chi connectivity index (χ2v) is 6.79. The van der Waals surface area contributed by atoms with Crippen LogP contribution in [0.15, 0.2) is 30.3 Å². The van der Waals surface area contributed by atoms with E-state index in [-0.39, 0.29) is 0 Å². The molecule has 0 bridgehead atoms. The summed E-state index contributed by atoms with van der Waals surface area (Å²) in [6.45, 7) is 6.95. The third-order valence-corrected chi connectivity index (χ3v) is 4.82. The zero-order valence-electron chi connectivity index (χ0n) is 12.1. The molecule has 0 radical (unpaired) electrons. The molecule has 0 amide bonds. The van der Waals surface area contributed by atoms with Crippen LogP contribution in [0.3, 0.4) is 0 Å². The van der Waals surface area contributed by atoms with E-state index in [2.05, 4.69) is 53.7 Å². The smallest absolute Gasteiger partial charge is 0.0234 e. The highest BCUT2D eigenvalue weighted by Crippen LogP contribution is 2.14. The van der Waals surface area contributed by atoms with Crippen molar-refractivity contribution in [2.45, 2.75) is 37.6 Å². The Kier molecular flexibility index (Phi) is 6.21. The molecule has 1 N–H and O–H groups in total. The van der Waals surface area contributed by atoms with Crippen LogP contribution in [-0.2, 0) is 6.54 Å². The summed E-state index contributed by atoms with van der Waals surface area (Å²) in [5.74, 6) is 0. The second-order valence-electron chi connectivity index (χ2n) is 5.51. The van der Waals surface area contributed by atoms with Gasteiger partial charge in [-0.25, -0.2) is 0 Å². The normalized spacial score (nSPS) is 22.3. The van der Waals surface area contributed by atoms with E-state index < -0.39 is 0 Å². The fourth-order valence-corrected chi connectivity index (χ4v) is 2.89. The van der Waals surface area contributed by atoms with Gasteiger partial charge in [-0.3, -0.25) is 4.90 Å². The minimum Gasteiger partial charge on any atom is -0.312 e. The Morgan fingerprint density at radius 3 is 2.89 bits per heavy atom. The minimum atomic E-state index is 0.673. The Morgan fingerprint density at radius 1 is 1.37 bits per heavy atom. The number of hydrogen-bond donors (Lipinski definition) is 1. The van der Waals surface area contributed by atoms with Crippen LogP contribution in [0, 0.1) is 0 Å². The second kappa shape index (κ2) is 7.93. The van der Waals surface area contributed by atoms with Crippen molar-refractivity contribution in [2.24, 2.45) is 0 Å². The zero-order chi connectivity index (χ0) is 13.5. The fourth-order valence-electron chi connectivity index (χ4n) is 2.62. The molecule has 0 spiro atoms. The Hall–Kier alpha value is -0.510. The standard InChI is InChI=1S/C16H26N2S/c1-14(19-2)11-17-16-9-6-10-18(13-16)12-15-7-4-3-5-8-15/h3-5,7-8,14,16-17H,6,9-13H2,1-2H3. The summed E-state index contributed by atoms with van der Waals surface area (Å²) in [5.41, 5.74) is 1.43. The van der Waals surface area contributed by atoms with Gasteiger partial charge >= 0.3 is 0 Å². The summed E-state index contributed by atoms with van der Waals surface area (Å²) in [7, 11) is 0. The number of piperidine rings is 1. The summed E-state index contributed by atoms with van der Waals surface area (Å²) < 4.78 is 0. The molecule has 3 heteroatoms. The van der Waals surface area contributed by atoms with Crippen LogP contribution >= 0.6 is 11.8 Å². The Balaban J connectivity index is 1.77. The molecule has 1 aromatic rings. The van der Waals surface area contributed by atoms with E-state index in [9.17, 15) is 0 Å². The number of benzene rings is 1. The van der Waals surface area contributed by atoms with Gasteiger partial charge in [0.25, 0.3) is 0 Å². The molecule has 0 aliphatic carbocycles. The van der Waals surface area contributed by atoms with Gasteiger partial charge in [0.05, 0.1) is 0 Å².